The number of aliphatic imine (C=N–C) groups is 1. The lowest BCUT2D eigenvalue weighted by Crippen LogP contribution is -2.43. The molecule has 1 atom stereocenters. The molecule has 0 saturated heterocycles. The summed E-state index contributed by atoms with van der Waals surface area (Å²) in [6, 6.07) is 27.1. The second-order valence-electron chi connectivity index (χ2n) is 7.39. The van der Waals surface area contributed by atoms with E-state index in [2.05, 4.69) is 32.7 Å². The van der Waals surface area contributed by atoms with Gasteiger partial charge in [0.2, 0.25) is 5.96 Å². The summed E-state index contributed by atoms with van der Waals surface area (Å²) in [4.78, 5) is 20.7. The lowest BCUT2D eigenvalue weighted by Gasteiger charge is -2.17. The third kappa shape index (κ3) is 5.55. The van der Waals surface area contributed by atoms with Crippen molar-refractivity contribution in [1.29, 1.82) is 0 Å². The minimum absolute atomic E-state index is 0.275. The number of ether oxygens (including phenoxy) is 1. The van der Waals surface area contributed by atoms with Crippen LogP contribution in [0.4, 0.5) is 5.69 Å². The number of nitrogens with zero attached hydrogens (tertiary/aromatic N) is 1. The van der Waals surface area contributed by atoms with Crippen LogP contribution >= 0.6 is 0 Å². The Morgan fingerprint density at radius 1 is 0.969 bits per heavy atom. The highest BCUT2D eigenvalue weighted by Gasteiger charge is 2.17. The molecule has 6 heteroatoms. The monoisotopic (exact) mass is 426 g/mol. The molecule has 3 N–H and O–H groups in total. The van der Waals surface area contributed by atoms with Crippen molar-refractivity contribution in [3.8, 4) is 5.75 Å². The number of hydrogen-bond donors (Lipinski definition) is 3. The lowest BCUT2D eigenvalue weighted by atomic mass is 10.1. The number of fused-ring (bicyclic) bond motifs is 1. The van der Waals surface area contributed by atoms with Gasteiger partial charge < -0.3 is 15.0 Å². The van der Waals surface area contributed by atoms with Crippen molar-refractivity contribution in [2.45, 2.75) is 19.4 Å². The molecule has 1 unspecified atom stereocenters. The first-order valence-electron chi connectivity index (χ1n) is 10.6. The predicted octanol–water partition coefficient (Wildman–Crippen LogP) is 4.76. The maximum absolute atomic E-state index is 12.8. The molecule has 0 aliphatic carbocycles. The summed E-state index contributed by atoms with van der Waals surface area (Å²) in [5.41, 5.74) is 3.14. The van der Waals surface area contributed by atoms with E-state index in [1.54, 1.807) is 6.92 Å². The van der Waals surface area contributed by atoms with Crippen LogP contribution in [0.1, 0.15) is 12.5 Å². The third-order valence-electron chi connectivity index (χ3n) is 5.03. The summed E-state index contributed by atoms with van der Waals surface area (Å²) < 4.78 is 5.74. The summed E-state index contributed by atoms with van der Waals surface area (Å²) >= 11 is 0. The first kappa shape index (κ1) is 21.2. The molecule has 1 aromatic heterocycles. The summed E-state index contributed by atoms with van der Waals surface area (Å²) in [5, 5.41) is 7.26. The van der Waals surface area contributed by atoms with Crippen molar-refractivity contribution in [2.24, 2.45) is 4.99 Å². The van der Waals surface area contributed by atoms with Gasteiger partial charge >= 0.3 is 0 Å². The van der Waals surface area contributed by atoms with Gasteiger partial charge in [0, 0.05) is 29.3 Å². The third-order valence-corrected chi connectivity index (χ3v) is 5.03. The number of carbonyl (C=O) groups excluding carboxylic acids is 1. The zero-order chi connectivity index (χ0) is 22.2. The van der Waals surface area contributed by atoms with Gasteiger partial charge in [-0.1, -0.05) is 54.6 Å². The number of benzene rings is 3. The molecular weight excluding hydrogens is 400 g/mol. The largest absolute Gasteiger partial charge is 0.481 e. The number of hydrogen-bond acceptors (Lipinski definition) is 3. The van der Waals surface area contributed by atoms with E-state index < -0.39 is 6.10 Å². The normalized spacial score (nSPS) is 12.3. The van der Waals surface area contributed by atoms with Crippen molar-refractivity contribution in [3.63, 3.8) is 0 Å². The molecule has 3 aromatic carbocycles. The van der Waals surface area contributed by atoms with Crippen LogP contribution in [0.3, 0.4) is 0 Å². The van der Waals surface area contributed by atoms with E-state index in [1.807, 2.05) is 79.0 Å². The van der Waals surface area contributed by atoms with Crippen molar-refractivity contribution in [2.75, 3.05) is 11.9 Å². The SMILES string of the molecule is CC(Oc1ccccc1)C(=O)NC(=NCCc1c[nH]c2ccccc12)Nc1ccccc1. The van der Waals surface area contributed by atoms with Crippen LogP contribution in [0, 0.1) is 0 Å². The number of aromatic amines is 1. The van der Waals surface area contributed by atoms with Gasteiger partial charge in [0.1, 0.15) is 5.75 Å². The number of guanidine groups is 1. The van der Waals surface area contributed by atoms with Crippen LogP contribution in [0.2, 0.25) is 0 Å². The molecule has 0 spiro atoms. The second kappa shape index (κ2) is 10.3. The van der Waals surface area contributed by atoms with E-state index in [4.69, 9.17) is 4.74 Å². The number of anilines is 1. The minimum atomic E-state index is -0.672. The number of rotatable bonds is 7. The van der Waals surface area contributed by atoms with E-state index in [9.17, 15) is 4.79 Å². The van der Waals surface area contributed by atoms with Gasteiger partial charge in [0.25, 0.3) is 5.91 Å². The number of para-hydroxylation sites is 3. The first-order valence-corrected chi connectivity index (χ1v) is 10.6. The van der Waals surface area contributed by atoms with Gasteiger partial charge in [-0.05, 0) is 49.2 Å². The summed E-state index contributed by atoms with van der Waals surface area (Å²) in [6.07, 6.45) is 2.09. The van der Waals surface area contributed by atoms with Gasteiger partial charge in [0.05, 0.1) is 0 Å². The van der Waals surface area contributed by atoms with Gasteiger partial charge in [-0.2, -0.15) is 0 Å². The molecule has 1 amide bonds. The van der Waals surface area contributed by atoms with Crippen LogP contribution in [0.15, 0.2) is 96.1 Å². The van der Waals surface area contributed by atoms with Crippen LogP contribution < -0.4 is 15.4 Å². The van der Waals surface area contributed by atoms with Crippen molar-refractivity contribution < 1.29 is 9.53 Å². The Hall–Kier alpha value is -4.06. The Labute approximate surface area is 187 Å². The van der Waals surface area contributed by atoms with Crippen molar-refractivity contribution >= 4 is 28.5 Å². The molecule has 0 aliphatic heterocycles. The molecule has 1 heterocycles. The van der Waals surface area contributed by atoms with E-state index in [1.165, 1.54) is 10.9 Å². The Balaban J connectivity index is 1.44. The molecule has 32 heavy (non-hydrogen) atoms. The van der Waals surface area contributed by atoms with Crippen molar-refractivity contribution in [3.05, 3.63) is 96.7 Å². The van der Waals surface area contributed by atoms with Crippen molar-refractivity contribution in [1.82, 2.24) is 10.3 Å². The average Bonchev–Trinajstić information content (AvgIpc) is 3.23. The Kier molecular flexibility index (Phi) is 6.82. The molecule has 162 valence electrons. The summed E-state index contributed by atoms with van der Waals surface area (Å²) in [6.45, 7) is 2.24. The Bertz CT molecular complexity index is 1190. The van der Waals surface area contributed by atoms with Gasteiger partial charge in [0.15, 0.2) is 6.10 Å². The molecule has 0 radical (unpaired) electrons. The Morgan fingerprint density at radius 2 is 1.66 bits per heavy atom. The Morgan fingerprint density at radius 3 is 2.44 bits per heavy atom. The maximum atomic E-state index is 12.8. The van der Waals surface area contributed by atoms with Crippen LogP contribution in [0.5, 0.6) is 5.75 Å². The number of carbonyl (C=O) groups is 1. The second-order valence-corrected chi connectivity index (χ2v) is 7.39. The first-order chi connectivity index (χ1) is 15.7. The molecule has 4 aromatic rings. The van der Waals surface area contributed by atoms with E-state index in [-0.39, 0.29) is 5.91 Å². The minimum Gasteiger partial charge on any atom is -0.481 e. The van der Waals surface area contributed by atoms with E-state index in [0.717, 1.165) is 17.6 Å². The number of amides is 1. The average molecular weight is 427 g/mol. The number of nitrogens with one attached hydrogen (secondary N) is 3. The van der Waals surface area contributed by atoms with Crippen LogP contribution in [-0.2, 0) is 11.2 Å². The van der Waals surface area contributed by atoms with Gasteiger partial charge in [-0.25, -0.2) is 0 Å². The standard InChI is InChI=1S/C26H26N4O2/c1-19(32-22-12-6-3-7-13-22)25(31)30-26(29-21-10-4-2-5-11-21)27-17-16-20-18-28-24-15-9-8-14-23(20)24/h2-15,18-19,28H,16-17H2,1H3,(H2,27,29,30,31). The van der Waals surface area contributed by atoms with E-state index in [0.29, 0.717) is 18.3 Å². The van der Waals surface area contributed by atoms with Crippen LogP contribution in [0.25, 0.3) is 10.9 Å². The fraction of sp³-hybridized carbons (Fsp3) is 0.154. The highest BCUT2D eigenvalue weighted by molar-refractivity contribution is 6.05. The quantitative estimate of drug-likeness (QED) is 0.294. The molecule has 0 fully saturated rings. The number of H-pyrrole nitrogens is 1. The van der Waals surface area contributed by atoms with E-state index >= 15 is 0 Å². The van der Waals surface area contributed by atoms with Crippen LogP contribution in [-0.4, -0.2) is 29.5 Å². The zero-order valence-corrected chi connectivity index (χ0v) is 17.9. The lowest BCUT2D eigenvalue weighted by molar-refractivity contribution is -0.125. The zero-order valence-electron chi connectivity index (χ0n) is 17.9. The summed E-state index contributed by atoms with van der Waals surface area (Å²) in [7, 11) is 0. The molecule has 6 nitrogen and oxygen atoms in total. The molecule has 0 saturated carbocycles. The topological polar surface area (TPSA) is 78.5 Å². The molecule has 0 aliphatic rings. The fourth-order valence-corrected chi connectivity index (χ4v) is 3.37. The molecule has 4 rings (SSSR count). The van der Waals surface area contributed by atoms with Gasteiger partial charge in [-0.15, -0.1) is 0 Å². The van der Waals surface area contributed by atoms with Gasteiger partial charge in [-0.3, -0.25) is 15.1 Å². The molecule has 0 bridgehead atoms. The fourth-order valence-electron chi connectivity index (χ4n) is 3.37. The highest BCUT2D eigenvalue weighted by atomic mass is 16.5. The number of aromatic nitrogens is 1. The molecular formula is C26H26N4O2. The maximum Gasteiger partial charge on any atom is 0.267 e. The summed E-state index contributed by atoms with van der Waals surface area (Å²) in [5.74, 6) is 0.761. The highest BCUT2D eigenvalue weighted by Crippen LogP contribution is 2.18. The predicted molar refractivity (Wildman–Crippen MR) is 129 cm³/mol. The smallest absolute Gasteiger partial charge is 0.267 e.